The normalized spacial score (nSPS) is 16.8. The first-order valence-electron chi connectivity index (χ1n) is 5.57. The molecular weight excluding hydrogens is 206 g/mol. The van der Waals surface area contributed by atoms with Gasteiger partial charge in [-0.3, -0.25) is 4.79 Å². The van der Waals surface area contributed by atoms with Crippen LogP contribution in [0.4, 0.5) is 0 Å². The highest BCUT2D eigenvalue weighted by Gasteiger charge is 2.34. The molecule has 0 aromatic rings. The highest BCUT2D eigenvalue weighted by molar-refractivity contribution is 5.75. The molecule has 0 aliphatic carbocycles. The molecule has 0 heterocycles. The van der Waals surface area contributed by atoms with Gasteiger partial charge in [-0.15, -0.1) is 0 Å². The third-order valence-corrected chi connectivity index (χ3v) is 2.45. The van der Waals surface area contributed by atoms with Crippen LogP contribution in [0.5, 0.6) is 0 Å². The van der Waals surface area contributed by atoms with E-state index in [1.807, 2.05) is 20.8 Å². The molecule has 0 aromatic heterocycles. The zero-order valence-electron chi connectivity index (χ0n) is 11.2. The lowest BCUT2D eigenvalue weighted by atomic mass is 9.84. The summed E-state index contributed by atoms with van der Waals surface area (Å²) in [6, 6.07) is -0.385. The average Bonchev–Trinajstić information content (AvgIpc) is 2.09. The number of aliphatic hydroxyl groups excluding tert-OH is 1. The van der Waals surface area contributed by atoms with Gasteiger partial charge < -0.3 is 15.6 Å². The lowest BCUT2D eigenvalue weighted by molar-refractivity contribution is -0.163. The fourth-order valence-electron chi connectivity index (χ4n) is 1.10. The minimum absolute atomic E-state index is 0.217. The van der Waals surface area contributed by atoms with Crippen LogP contribution in [0.3, 0.4) is 0 Å². The monoisotopic (exact) mass is 231 g/mol. The summed E-state index contributed by atoms with van der Waals surface area (Å²) >= 11 is 0. The van der Waals surface area contributed by atoms with Gasteiger partial charge in [0.25, 0.3) is 0 Å². The maximum atomic E-state index is 11.7. The van der Waals surface area contributed by atoms with E-state index in [9.17, 15) is 9.90 Å². The van der Waals surface area contributed by atoms with Crippen LogP contribution in [0.15, 0.2) is 0 Å². The number of aliphatic hydroxyl groups is 1. The van der Waals surface area contributed by atoms with Crippen LogP contribution in [0.25, 0.3) is 0 Å². The topological polar surface area (TPSA) is 72.5 Å². The fraction of sp³-hybridized carbons (Fsp3) is 0.917. The Morgan fingerprint density at radius 2 is 1.69 bits per heavy atom. The molecule has 0 rings (SSSR count). The summed E-state index contributed by atoms with van der Waals surface area (Å²) in [7, 11) is 0. The number of nitrogens with two attached hydrogens (primary N) is 1. The second kappa shape index (κ2) is 5.15. The van der Waals surface area contributed by atoms with E-state index >= 15 is 0 Å². The van der Waals surface area contributed by atoms with Gasteiger partial charge >= 0.3 is 5.97 Å². The van der Waals surface area contributed by atoms with Gasteiger partial charge in [0.1, 0.15) is 6.10 Å². The van der Waals surface area contributed by atoms with Crippen molar-refractivity contribution >= 4 is 5.97 Å². The molecule has 4 nitrogen and oxygen atoms in total. The fourth-order valence-corrected chi connectivity index (χ4v) is 1.10. The Hall–Kier alpha value is -0.610. The van der Waals surface area contributed by atoms with Crippen LogP contribution in [0.1, 0.15) is 41.5 Å². The third kappa shape index (κ3) is 4.49. The number of carbonyl (C=O) groups is 1. The summed E-state index contributed by atoms with van der Waals surface area (Å²) < 4.78 is 5.24. The smallest absolute Gasteiger partial charge is 0.311 e. The van der Waals surface area contributed by atoms with Gasteiger partial charge in [-0.25, -0.2) is 0 Å². The number of ether oxygens (including phenoxy) is 1. The van der Waals surface area contributed by atoms with Gasteiger partial charge in [0, 0.05) is 6.04 Å². The summed E-state index contributed by atoms with van der Waals surface area (Å²) in [6.07, 6.45) is -0.647. The average molecular weight is 231 g/mol. The highest BCUT2D eigenvalue weighted by atomic mass is 16.6. The zero-order chi connectivity index (χ0) is 13.1. The molecule has 0 radical (unpaired) electrons. The molecule has 0 aromatic carbocycles. The molecule has 0 bridgehead atoms. The molecule has 0 spiro atoms. The molecule has 16 heavy (non-hydrogen) atoms. The number of hydrogen-bond acceptors (Lipinski definition) is 4. The second-order valence-electron chi connectivity index (χ2n) is 6.27. The Bertz CT molecular complexity index is 238. The molecule has 0 saturated heterocycles. The van der Waals surface area contributed by atoms with Crippen molar-refractivity contribution in [2.24, 2.45) is 16.6 Å². The molecule has 2 unspecified atom stereocenters. The molecular formula is C12H25NO3. The van der Waals surface area contributed by atoms with Crippen LogP contribution in [-0.4, -0.2) is 29.8 Å². The first-order valence-corrected chi connectivity index (χ1v) is 5.57. The largest absolute Gasteiger partial charge is 0.458 e. The first kappa shape index (κ1) is 15.4. The third-order valence-electron chi connectivity index (χ3n) is 2.45. The minimum Gasteiger partial charge on any atom is -0.458 e. The highest BCUT2D eigenvalue weighted by Crippen LogP contribution is 2.24. The van der Waals surface area contributed by atoms with Gasteiger partial charge in [0.15, 0.2) is 0 Å². The van der Waals surface area contributed by atoms with Crippen molar-refractivity contribution in [3.63, 3.8) is 0 Å². The summed E-state index contributed by atoms with van der Waals surface area (Å²) in [6.45, 7) is 10.9. The van der Waals surface area contributed by atoms with Crippen molar-refractivity contribution in [2.75, 3.05) is 6.61 Å². The maximum Gasteiger partial charge on any atom is 0.311 e. The summed E-state index contributed by atoms with van der Waals surface area (Å²) in [4.78, 5) is 11.7. The van der Waals surface area contributed by atoms with Crippen LogP contribution in [0, 0.1) is 10.8 Å². The Balaban J connectivity index is 4.61. The van der Waals surface area contributed by atoms with Crippen LogP contribution < -0.4 is 5.73 Å². The van der Waals surface area contributed by atoms with Crippen molar-refractivity contribution < 1.29 is 14.6 Å². The Labute approximate surface area is 98.2 Å². The predicted molar refractivity (Wildman–Crippen MR) is 63.9 cm³/mol. The molecule has 2 atom stereocenters. The van der Waals surface area contributed by atoms with Crippen LogP contribution in [0.2, 0.25) is 0 Å². The van der Waals surface area contributed by atoms with Gasteiger partial charge in [-0.05, 0) is 26.2 Å². The molecule has 0 aliphatic heterocycles. The van der Waals surface area contributed by atoms with Gasteiger partial charge in [-0.1, -0.05) is 20.8 Å². The van der Waals surface area contributed by atoms with Crippen molar-refractivity contribution in [2.45, 2.75) is 53.7 Å². The van der Waals surface area contributed by atoms with Gasteiger partial charge in [-0.2, -0.15) is 0 Å². The van der Waals surface area contributed by atoms with E-state index in [1.54, 1.807) is 20.8 Å². The predicted octanol–water partition coefficient (Wildman–Crippen LogP) is 1.31. The maximum absolute atomic E-state index is 11.7. The van der Waals surface area contributed by atoms with Crippen molar-refractivity contribution in [3.05, 3.63) is 0 Å². The van der Waals surface area contributed by atoms with E-state index in [2.05, 4.69) is 0 Å². The standard InChI is InChI=1S/C12H25NO3/c1-11(2,3)9(13)8(7-14)16-10(15)12(4,5)6/h8-9,14H,7,13H2,1-6H3. The molecule has 96 valence electrons. The number of carbonyl (C=O) groups excluding carboxylic acids is 1. The molecule has 0 fully saturated rings. The van der Waals surface area contributed by atoms with Crippen molar-refractivity contribution in [1.29, 1.82) is 0 Å². The van der Waals surface area contributed by atoms with Gasteiger partial charge in [0.2, 0.25) is 0 Å². The number of rotatable bonds is 3. The molecule has 0 aliphatic rings. The summed E-state index contributed by atoms with van der Waals surface area (Å²) in [5.74, 6) is -0.341. The van der Waals surface area contributed by atoms with E-state index < -0.39 is 11.5 Å². The summed E-state index contributed by atoms with van der Waals surface area (Å²) in [5, 5.41) is 9.22. The number of esters is 1. The minimum atomic E-state index is -0.647. The van der Waals surface area contributed by atoms with E-state index in [0.29, 0.717) is 0 Å². The van der Waals surface area contributed by atoms with E-state index in [4.69, 9.17) is 10.5 Å². The first-order chi connectivity index (χ1) is 7.00. The lowest BCUT2D eigenvalue weighted by Crippen LogP contribution is -2.49. The quantitative estimate of drug-likeness (QED) is 0.718. The summed E-state index contributed by atoms with van der Waals surface area (Å²) in [5.41, 5.74) is 5.16. The SMILES string of the molecule is CC(C)(C)C(=O)OC(CO)C(N)C(C)(C)C. The second-order valence-corrected chi connectivity index (χ2v) is 6.27. The van der Waals surface area contributed by atoms with E-state index in [1.165, 1.54) is 0 Å². The van der Waals surface area contributed by atoms with E-state index in [-0.39, 0.29) is 24.0 Å². The number of hydrogen-bond donors (Lipinski definition) is 2. The van der Waals surface area contributed by atoms with Crippen molar-refractivity contribution in [1.82, 2.24) is 0 Å². The molecule has 0 saturated carbocycles. The lowest BCUT2D eigenvalue weighted by Gasteiger charge is -2.34. The van der Waals surface area contributed by atoms with E-state index in [0.717, 1.165) is 0 Å². The Kier molecular flexibility index (Phi) is 4.95. The van der Waals surface area contributed by atoms with Crippen molar-refractivity contribution in [3.8, 4) is 0 Å². The Morgan fingerprint density at radius 1 is 1.25 bits per heavy atom. The molecule has 4 heteroatoms. The zero-order valence-corrected chi connectivity index (χ0v) is 11.2. The molecule has 0 amide bonds. The molecule has 3 N–H and O–H groups in total. The van der Waals surface area contributed by atoms with Gasteiger partial charge in [0.05, 0.1) is 12.0 Å². The Morgan fingerprint density at radius 3 is 1.94 bits per heavy atom. The van der Waals surface area contributed by atoms with Crippen LogP contribution >= 0.6 is 0 Å². The van der Waals surface area contributed by atoms with Crippen LogP contribution in [-0.2, 0) is 9.53 Å².